The lowest BCUT2D eigenvalue weighted by Crippen LogP contribution is -2.43. The van der Waals surface area contributed by atoms with E-state index in [0.29, 0.717) is 33.2 Å². The first-order valence-corrected chi connectivity index (χ1v) is 11.0. The third-order valence-electron chi connectivity index (χ3n) is 4.50. The van der Waals surface area contributed by atoms with Gasteiger partial charge in [0.25, 0.3) is 11.8 Å². The van der Waals surface area contributed by atoms with Gasteiger partial charge in [0.15, 0.2) is 6.61 Å². The molecule has 6 nitrogen and oxygen atoms in total. The number of aryl methyl sites for hydroxylation is 1. The van der Waals surface area contributed by atoms with Crippen molar-refractivity contribution < 1.29 is 19.1 Å². The molecule has 0 saturated carbocycles. The van der Waals surface area contributed by atoms with Gasteiger partial charge in [-0.15, -0.1) is 0 Å². The highest BCUT2D eigenvalue weighted by atomic mass is 79.9. The minimum absolute atomic E-state index is 0.249. The largest absolute Gasteiger partial charge is 0.492 e. The molecule has 2 N–H and O–H groups in total. The SMILES string of the molecule is Cc1cc(Cl)ccc1OCC(=O)NNC(=O)c1ccc(OCCc2ccccc2)c(Br)c1. The van der Waals surface area contributed by atoms with Gasteiger partial charge in [-0.3, -0.25) is 20.4 Å². The zero-order valence-electron chi connectivity index (χ0n) is 17.4. The molecule has 2 amide bonds. The smallest absolute Gasteiger partial charge is 0.276 e. The van der Waals surface area contributed by atoms with Gasteiger partial charge in [-0.2, -0.15) is 0 Å². The van der Waals surface area contributed by atoms with Crippen molar-refractivity contribution in [3.05, 3.63) is 92.9 Å². The maximum Gasteiger partial charge on any atom is 0.276 e. The third kappa shape index (κ3) is 7.00. The van der Waals surface area contributed by atoms with Crippen molar-refractivity contribution in [1.82, 2.24) is 10.9 Å². The van der Waals surface area contributed by atoms with Gasteiger partial charge in [-0.1, -0.05) is 41.9 Å². The van der Waals surface area contributed by atoms with Crippen LogP contribution in [0.4, 0.5) is 0 Å². The Kier molecular flexibility index (Phi) is 8.53. The molecule has 0 bridgehead atoms. The molecule has 0 aromatic heterocycles. The van der Waals surface area contributed by atoms with Crippen LogP contribution in [0.5, 0.6) is 11.5 Å². The van der Waals surface area contributed by atoms with E-state index in [1.165, 1.54) is 5.56 Å². The summed E-state index contributed by atoms with van der Waals surface area (Å²) >= 11 is 9.32. The lowest BCUT2D eigenvalue weighted by atomic mass is 10.2. The van der Waals surface area contributed by atoms with Crippen molar-refractivity contribution in [2.75, 3.05) is 13.2 Å². The molecular weight excluding hydrogens is 496 g/mol. The van der Waals surface area contributed by atoms with E-state index < -0.39 is 11.8 Å². The summed E-state index contributed by atoms with van der Waals surface area (Å²) in [6.45, 7) is 2.09. The molecule has 0 spiro atoms. The van der Waals surface area contributed by atoms with Gasteiger partial charge in [0.2, 0.25) is 0 Å². The number of carbonyl (C=O) groups excluding carboxylic acids is 2. The molecule has 0 heterocycles. The summed E-state index contributed by atoms with van der Waals surface area (Å²) in [5.41, 5.74) is 7.06. The molecule has 3 aromatic carbocycles. The van der Waals surface area contributed by atoms with Gasteiger partial charge >= 0.3 is 0 Å². The zero-order valence-corrected chi connectivity index (χ0v) is 19.7. The quantitative estimate of drug-likeness (QED) is 0.418. The van der Waals surface area contributed by atoms with Crippen LogP contribution >= 0.6 is 27.5 Å². The van der Waals surface area contributed by atoms with Crippen molar-refractivity contribution in [2.24, 2.45) is 0 Å². The first-order valence-electron chi connectivity index (χ1n) is 9.87. The minimum atomic E-state index is -0.493. The number of halogens is 2. The first-order chi connectivity index (χ1) is 15.4. The third-order valence-corrected chi connectivity index (χ3v) is 5.35. The standard InChI is InChI=1S/C24H22BrClN2O4/c1-16-13-19(26)8-10-21(16)32-15-23(29)27-28-24(30)18-7-9-22(20(25)14-18)31-12-11-17-5-3-2-4-6-17/h2-10,13-14H,11-12,15H2,1H3,(H,27,29)(H,28,30). The number of hydrazine groups is 1. The molecule has 3 aromatic rings. The Hall–Kier alpha value is -3.03. The molecule has 8 heteroatoms. The zero-order chi connectivity index (χ0) is 22.9. The van der Waals surface area contributed by atoms with E-state index in [-0.39, 0.29) is 6.61 Å². The predicted molar refractivity (Wildman–Crippen MR) is 127 cm³/mol. The van der Waals surface area contributed by atoms with E-state index >= 15 is 0 Å². The van der Waals surface area contributed by atoms with Crippen LogP contribution in [0.15, 0.2) is 71.2 Å². The topological polar surface area (TPSA) is 76.7 Å². The second-order valence-electron chi connectivity index (χ2n) is 6.93. The Balaban J connectivity index is 1.45. The number of nitrogens with one attached hydrogen (secondary N) is 2. The van der Waals surface area contributed by atoms with Crippen molar-refractivity contribution in [3.8, 4) is 11.5 Å². The highest BCUT2D eigenvalue weighted by Gasteiger charge is 2.11. The second kappa shape index (κ2) is 11.5. The maximum atomic E-state index is 12.3. The summed E-state index contributed by atoms with van der Waals surface area (Å²) in [6, 6.07) is 20.1. The summed E-state index contributed by atoms with van der Waals surface area (Å²) in [5, 5.41) is 0.588. The molecule has 0 aliphatic rings. The molecule has 0 aliphatic carbocycles. The Morgan fingerprint density at radius 1 is 0.938 bits per heavy atom. The molecule has 0 saturated heterocycles. The monoisotopic (exact) mass is 516 g/mol. The predicted octanol–water partition coefficient (Wildman–Crippen LogP) is 4.87. The molecule has 3 rings (SSSR count). The van der Waals surface area contributed by atoms with Crippen LogP contribution in [-0.2, 0) is 11.2 Å². The van der Waals surface area contributed by atoms with Crippen molar-refractivity contribution in [3.63, 3.8) is 0 Å². The Bertz CT molecular complexity index is 1090. The molecule has 32 heavy (non-hydrogen) atoms. The fourth-order valence-electron chi connectivity index (χ4n) is 2.84. The Morgan fingerprint density at radius 3 is 2.41 bits per heavy atom. The number of ether oxygens (including phenoxy) is 2. The normalized spacial score (nSPS) is 10.3. The van der Waals surface area contributed by atoms with Crippen LogP contribution in [0, 0.1) is 6.92 Å². The van der Waals surface area contributed by atoms with Gasteiger partial charge in [-0.05, 0) is 70.4 Å². The number of rotatable bonds is 8. The van der Waals surface area contributed by atoms with E-state index in [4.69, 9.17) is 21.1 Å². The molecule has 166 valence electrons. The van der Waals surface area contributed by atoms with Gasteiger partial charge < -0.3 is 9.47 Å². The van der Waals surface area contributed by atoms with Gasteiger partial charge in [0, 0.05) is 17.0 Å². The number of hydrogen-bond acceptors (Lipinski definition) is 4. The number of amides is 2. The molecule has 0 unspecified atom stereocenters. The fraction of sp³-hybridized carbons (Fsp3) is 0.167. The molecule has 0 fully saturated rings. The van der Waals surface area contributed by atoms with E-state index in [1.807, 2.05) is 37.3 Å². The Morgan fingerprint density at radius 2 is 1.69 bits per heavy atom. The lowest BCUT2D eigenvalue weighted by Gasteiger charge is -2.12. The molecule has 0 atom stereocenters. The average molecular weight is 518 g/mol. The Labute approximate surface area is 200 Å². The number of benzene rings is 3. The molecular formula is C24H22BrClN2O4. The van der Waals surface area contributed by atoms with E-state index in [0.717, 1.165) is 12.0 Å². The average Bonchev–Trinajstić information content (AvgIpc) is 2.78. The molecule has 0 aliphatic heterocycles. The van der Waals surface area contributed by atoms with Crippen LogP contribution in [0.2, 0.25) is 5.02 Å². The number of carbonyl (C=O) groups is 2. The van der Waals surface area contributed by atoms with Crippen molar-refractivity contribution in [2.45, 2.75) is 13.3 Å². The fourth-order valence-corrected chi connectivity index (χ4v) is 3.56. The summed E-state index contributed by atoms with van der Waals surface area (Å²) in [6.07, 6.45) is 0.777. The summed E-state index contributed by atoms with van der Waals surface area (Å²) in [4.78, 5) is 24.3. The van der Waals surface area contributed by atoms with Gasteiger partial charge in [-0.25, -0.2) is 0 Å². The van der Waals surface area contributed by atoms with Gasteiger partial charge in [0.05, 0.1) is 11.1 Å². The van der Waals surface area contributed by atoms with Crippen LogP contribution in [0.3, 0.4) is 0 Å². The second-order valence-corrected chi connectivity index (χ2v) is 8.22. The summed E-state index contributed by atoms with van der Waals surface area (Å²) in [5.74, 6) is 0.223. The summed E-state index contributed by atoms with van der Waals surface area (Å²) in [7, 11) is 0. The lowest BCUT2D eigenvalue weighted by molar-refractivity contribution is -0.123. The molecule has 0 radical (unpaired) electrons. The first kappa shape index (κ1) is 23.6. The van der Waals surface area contributed by atoms with E-state index in [1.54, 1.807) is 36.4 Å². The van der Waals surface area contributed by atoms with Crippen LogP contribution in [0.1, 0.15) is 21.5 Å². The maximum absolute atomic E-state index is 12.3. The van der Waals surface area contributed by atoms with Crippen molar-refractivity contribution >= 4 is 39.3 Å². The van der Waals surface area contributed by atoms with Crippen LogP contribution in [-0.4, -0.2) is 25.0 Å². The summed E-state index contributed by atoms with van der Waals surface area (Å²) < 4.78 is 11.9. The van der Waals surface area contributed by atoms with E-state index in [9.17, 15) is 9.59 Å². The van der Waals surface area contributed by atoms with Crippen LogP contribution in [0.25, 0.3) is 0 Å². The highest BCUT2D eigenvalue weighted by Crippen LogP contribution is 2.26. The van der Waals surface area contributed by atoms with Gasteiger partial charge in [0.1, 0.15) is 11.5 Å². The number of hydrogen-bond donors (Lipinski definition) is 2. The minimum Gasteiger partial charge on any atom is -0.492 e. The van der Waals surface area contributed by atoms with E-state index in [2.05, 4.69) is 26.8 Å². The van der Waals surface area contributed by atoms with Crippen molar-refractivity contribution in [1.29, 1.82) is 0 Å². The highest BCUT2D eigenvalue weighted by molar-refractivity contribution is 9.10. The van der Waals surface area contributed by atoms with Crippen LogP contribution < -0.4 is 20.3 Å².